The van der Waals surface area contributed by atoms with Gasteiger partial charge in [-0.3, -0.25) is 15.5 Å². The number of nitriles is 1. The number of methoxy groups -OCH3 is 1. The van der Waals surface area contributed by atoms with Crippen molar-refractivity contribution in [1.29, 1.82) is 10.7 Å². The number of ether oxygens (including phenoxy) is 1. The molecule has 0 fully saturated rings. The molecule has 0 amide bonds. The van der Waals surface area contributed by atoms with E-state index in [1.165, 1.54) is 88.5 Å². The molecule has 142 heavy (non-hydrogen) atoms. The quantitative estimate of drug-likeness (QED) is 0.0155. The van der Waals surface area contributed by atoms with Gasteiger partial charge in [0.1, 0.15) is 30.6 Å². The number of alkyl halides is 3. The number of tetrazole rings is 3. The van der Waals surface area contributed by atoms with Crippen molar-refractivity contribution in [3.05, 3.63) is 368 Å². The number of hydrogen-bond acceptors (Lipinski definition) is 16. The Kier molecular flexibility index (Phi) is 50.7. The second-order valence-corrected chi connectivity index (χ2v) is 39.5. The third-order valence-electron chi connectivity index (χ3n) is 23.1. The number of halogens is 7. The number of aliphatic hydroxyl groups excluding tert-OH is 1. The van der Waals surface area contributed by atoms with Crippen molar-refractivity contribution in [2.45, 2.75) is 270 Å². The number of nitrogens with zero attached hydrogens (tertiary/aromatic N) is 14. The first-order valence-electron chi connectivity index (χ1n) is 48.0. The maximum absolute atomic E-state index is 12.4. The Bertz CT molecular complexity index is 6230. The number of nitrogen functional groups attached to an aromatic ring is 2. The first-order valence-corrected chi connectivity index (χ1v) is 49.5. The molecule has 15 rings (SSSR count). The maximum Gasteiger partial charge on any atom is 0.416 e. The van der Waals surface area contributed by atoms with E-state index in [1.54, 1.807) is 96.3 Å². The van der Waals surface area contributed by atoms with Crippen molar-refractivity contribution in [3.63, 3.8) is 0 Å². The number of aromatic nitrogens is 12. The number of rotatable bonds is 18. The van der Waals surface area contributed by atoms with Gasteiger partial charge in [-0.05, 0) is 306 Å². The van der Waals surface area contributed by atoms with Gasteiger partial charge < -0.3 is 21.3 Å². The average Bonchev–Trinajstić information content (AvgIpc) is 1.33. The van der Waals surface area contributed by atoms with E-state index in [0.717, 1.165) is 88.9 Å². The van der Waals surface area contributed by atoms with Crippen molar-refractivity contribution < 1.29 is 27.9 Å². The number of allylic oxidation sites excluding steroid dienone is 2. The van der Waals surface area contributed by atoms with E-state index in [9.17, 15) is 28.4 Å². The van der Waals surface area contributed by atoms with Gasteiger partial charge in [-0.1, -0.05) is 337 Å². The number of anilines is 1. The lowest BCUT2D eigenvalue weighted by Gasteiger charge is -2.20. The van der Waals surface area contributed by atoms with Gasteiger partial charge in [-0.25, -0.2) is 14.0 Å². The van der Waals surface area contributed by atoms with E-state index in [-0.39, 0.29) is 34.4 Å². The average molecular weight is 2020 g/mol. The number of nitro benzene ring substituents is 1. The fraction of sp³-hybridized carbons (Fsp3) is 0.377. The molecule has 1 unspecified atom stereocenters. The zero-order valence-electron chi connectivity index (χ0n) is 87.1. The Morgan fingerprint density at radius 2 is 0.894 bits per heavy atom. The van der Waals surface area contributed by atoms with E-state index in [0.29, 0.717) is 69.1 Å². The summed E-state index contributed by atoms with van der Waals surface area (Å²) in [4.78, 5) is 10.2. The van der Waals surface area contributed by atoms with Crippen LogP contribution in [0.25, 0.3) is 27.8 Å². The smallest absolute Gasteiger partial charge is 0.416 e. The summed E-state index contributed by atoms with van der Waals surface area (Å²) in [6.45, 7) is 52.3. The monoisotopic (exact) mass is 2010 g/mol. The number of nitrogens with one attached hydrogen (secondary N) is 1. The summed E-state index contributed by atoms with van der Waals surface area (Å²) in [7, 11) is 1.66. The van der Waals surface area contributed by atoms with Crippen LogP contribution in [0.4, 0.5) is 24.5 Å². The highest BCUT2D eigenvalue weighted by atomic mass is 35.5. The molecule has 3 aromatic heterocycles. The zero-order chi connectivity index (χ0) is 106. The highest BCUT2D eigenvalue weighted by molar-refractivity contribution is 6.32. The van der Waals surface area contributed by atoms with Gasteiger partial charge in [-0.15, -0.1) is 15.3 Å². The summed E-state index contributed by atoms with van der Waals surface area (Å²) in [6, 6.07) is 72.1. The molecule has 1 aliphatic carbocycles. The number of aryl methyl sites for hydroxylation is 1. The van der Waals surface area contributed by atoms with Crippen LogP contribution in [0, 0.1) is 39.7 Å². The van der Waals surface area contributed by atoms with E-state index in [2.05, 4.69) is 240 Å². The third kappa shape index (κ3) is 39.1. The summed E-state index contributed by atoms with van der Waals surface area (Å²) < 4.78 is 47.4. The Hall–Kier alpha value is -12.5. The van der Waals surface area contributed by atoms with Crippen molar-refractivity contribution in [1.82, 2.24) is 60.6 Å². The van der Waals surface area contributed by atoms with E-state index < -0.39 is 11.7 Å². The number of benzene rings is 11. The van der Waals surface area contributed by atoms with Crippen LogP contribution in [0.1, 0.15) is 341 Å². The number of amidine groups is 1. The Balaban J connectivity index is 0.000000276. The van der Waals surface area contributed by atoms with Crippen molar-refractivity contribution in [2.24, 2.45) is 11.7 Å². The molecular weight excluding hydrogens is 1870 g/mol. The largest absolute Gasteiger partial charge is 0.497 e. The lowest BCUT2D eigenvalue weighted by Crippen LogP contribution is -2.10. The van der Waals surface area contributed by atoms with Crippen molar-refractivity contribution in [3.8, 4) is 28.9 Å². The lowest BCUT2D eigenvalue weighted by molar-refractivity contribution is -0.385. The SMILES string of the molecule is CC(C)c1cc(C#N)ccc1Cl.CC(C)c1cc(Cl)ccc1-n1cnnn1.CC(C)c1cc(Cl)ccc1N.CC(C)c1cc(Cl)ccc1[N+](=O)[O-].CC(C)c1ccc(C(=N)N)cc1.CC(C)c1ccccc1-n1cnnn1.CC(C)c1ccccc1C(C)O.CC(C)c1ccccc1C(F)(F)F.CC1=C(C(C)C)CCCC1.COc1ccc(-n2cnnn2)c(C(C)C)c1.Cc1ccc2c(C(C)C)cccc2c1. The minimum Gasteiger partial charge on any atom is -0.497 e. The molecule has 0 spiro atoms. The number of fused-ring (bicyclic) bond motifs is 1. The van der Waals surface area contributed by atoms with Crippen LogP contribution in [0.15, 0.2) is 255 Å². The molecule has 28 heteroatoms. The molecule has 1 aliphatic rings. The maximum atomic E-state index is 12.4. The van der Waals surface area contributed by atoms with E-state index in [4.69, 9.17) is 73.3 Å². The number of nitrogens with two attached hydrogens (primary N) is 2. The molecule has 0 radical (unpaired) electrons. The molecule has 6 N–H and O–H groups in total. The minimum atomic E-state index is -4.24. The van der Waals surface area contributed by atoms with Crippen molar-refractivity contribution in [2.75, 3.05) is 12.8 Å². The lowest BCUT2D eigenvalue weighted by atomic mass is 9.86. The number of aliphatic hydroxyl groups is 1. The Morgan fingerprint density at radius 1 is 0.458 bits per heavy atom. The molecule has 3 heterocycles. The van der Waals surface area contributed by atoms with Gasteiger partial charge in [0.2, 0.25) is 0 Å². The normalized spacial score (nSPS) is 11.7. The van der Waals surface area contributed by atoms with Crippen LogP contribution in [-0.2, 0) is 6.18 Å². The molecule has 1 atom stereocenters. The Morgan fingerprint density at radius 3 is 1.32 bits per heavy atom. The second kappa shape index (κ2) is 60.1. The highest BCUT2D eigenvalue weighted by Crippen LogP contribution is 2.38. The predicted octanol–water partition coefficient (Wildman–Crippen LogP) is 32.4. The molecule has 11 aromatic carbocycles. The van der Waals surface area contributed by atoms with Gasteiger partial charge in [-0.2, -0.15) is 18.4 Å². The van der Waals surface area contributed by atoms with Gasteiger partial charge >= 0.3 is 6.18 Å². The number of para-hydroxylation sites is 1. The fourth-order valence-electron chi connectivity index (χ4n) is 15.3. The summed E-state index contributed by atoms with van der Waals surface area (Å²) in [6.07, 6.45) is 5.75. The third-order valence-corrected chi connectivity index (χ3v) is 24.1. The van der Waals surface area contributed by atoms with Crippen molar-refractivity contribution >= 4 is 74.4 Å². The van der Waals surface area contributed by atoms with Gasteiger partial charge in [0, 0.05) is 43.0 Å². The van der Waals surface area contributed by atoms with Crippen LogP contribution >= 0.6 is 46.4 Å². The number of nitro groups is 1. The topological polar surface area (TPSA) is 303 Å². The molecule has 21 nitrogen and oxygen atoms in total. The molecule has 0 aliphatic heterocycles. The molecule has 758 valence electrons. The minimum absolute atomic E-state index is 0.0992. The second-order valence-electron chi connectivity index (χ2n) is 37.7. The van der Waals surface area contributed by atoms with Gasteiger partial charge in [0.25, 0.3) is 5.69 Å². The molecule has 0 saturated heterocycles. The van der Waals surface area contributed by atoms with Crippen LogP contribution < -0.4 is 16.2 Å². The van der Waals surface area contributed by atoms with Crippen LogP contribution in [0.5, 0.6) is 5.75 Å². The number of hydrogen-bond donors (Lipinski definition) is 4. The fourth-order valence-corrected chi connectivity index (χ4v) is 16.2. The molecule has 14 aromatic rings. The van der Waals surface area contributed by atoms with Gasteiger partial charge in [0.05, 0.1) is 52.4 Å². The van der Waals surface area contributed by atoms with Gasteiger partial charge in [0.15, 0.2) is 0 Å². The first kappa shape index (κ1) is 120. The Labute approximate surface area is 859 Å². The highest BCUT2D eigenvalue weighted by Gasteiger charge is 2.33. The van der Waals surface area contributed by atoms with Crippen LogP contribution in [0.3, 0.4) is 0 Å². The summed E-state index contributed by atoms with van der Waals surface area (Å²) >= 11 is 23.4. The van der Waals surface area contributed by atoms with E-state index >= 15 is 0 Å². The standard InChI is InChI=1S/C14H16.C11H14N4O.C11H16O.C10H11ClN4.C10H10ClN.C10H11F3.C10H12N4.C10H14N2.C10H18.C9H10ClNO2.C9H12ClN/c1-10(2)13-6-4-5-12-9-11(3)7-8-14(12)13;1-8(2)10-6-9(16-3)4-5-11(10)15-7-12-13-14-15;1-8(2)10-6-4-5-7-11(10)9(3)12;1-7(2)9-5-8(11)3-4-10(9)15-6-12-13-14-15;1-7(2)9-5-8(6-12)3-4-10(9)11;1-7(2)8-5-3-4-6-9(8)10(11,12)13;1-8(2)9-5-3-4-6-10(9)14-7-11-12-13-14;1-7(2)8-3-5-9(6-4-8)10(11)12;1-8(2)10-7-5-4-6-9(10)3;1-6(2)8-5-7(10)3-4-9(8)11(12)13;1-6(2)8-5-7(10)3-4-9(8)11/h4-10H,1-3H3;4-8H,1-3H3;4-9,12H,1-3H3;3-7H,1-2H3;3-5,7H,1-2H3;3-7H,1-2H3;3-8H,1-2H3;3-7H,1-2H3,(H3,11,12);8H,4-7H2,1-3H3;3-6H,1-2H3;3-6H,11H2,1-2H3. The van der Waals surface area contributed by atoms with E-state index in [1.807, 2.05) is 135 Å². The zero-order valence-corrected chi connectivity index (χ0v) is 90.1. The summed E-state index contributed by atoms with van der Waals surface area (Å²) in [5, 5.41) is 74.8. The molecule has 0 bridgehead atoms. The molecule has 0 saturated carbocycles. The first-order chi connectivity index (χ1) is 67.0. The summed E-state index contributed by atoms with van der Waals surface area (Å²) in [5.41, 5.74) is 32.4. The molecular formula is C114H144Cl4F3N17O4. The predicted molar refractivity (Wildman–Crippen MR) is 581 cm³/mol. The van der Waals surface area contributed by atoms with Crippen LogP contribution in [-0.4, -0.2) is 83.6 Å². The summed E-state index contributed by atoms with van der Waals surface area (Å²) in [5.74, 6) is 5.43. The van der Waals surface area contributed by atoms with Crippen LogP contribution in [0.2, 0.25) is 20.1 Å².